The number of rotatable bonds is 4. The van der Waals surface area contributed by atoms with Crippen LogP contribution in [0.2, 0.25) is 0 Å². The molecule has 1 aliphatic rings. The fourth-order valence-corrected chi connectivity index (χ4v) is 3.52. The van der Waals surface area contributed by atoms with Crippen LogP contribution in [0.1, 0.15) is 35.3 Å². The molecule has 2 heterocycles. The van der Waals surface area contributed by atoms with Gasteiger partial charge in [-0.25, -0.2) is 13.8 Å². The zero-order chi connectivity index (χ0) is 20.5. The fourth-order valence-electron chi connectivity index (χ4n) is 3.52. The molecule has 4 rings (SSSR count). The van der Waals surface area contributed by atoms with Gasteiger partial charge in [0, 0.05) is 31.5 Å². The first kappa shape index (κ1) is 18.8. The fraction of sp³-hybridized carbons (Fsp3) is 0.190. The molecule has 2 N–H and O–H groups in total. The normalized spacial score (nSPS) is 16.7. The zero-order valence-corrected chi connectivity index (χ0v) is 15.5. The average molecular weight is 396 g/mol. The lowest BCUT2D eigenvalue weighted by molar-refractivity contribution is -0.126. The van der Waals surface area contributed by atoms with Gasteiger partial charge in [0.05, 0.1) is 5.92 Å². The van der Waals surface area contributed by atoms with Crippen molar-refractivity contribution >= 4 is 17.5 Å². The van der Waals surface area contributed by atoms with Crippen molar-refractivity contribution in [3.63, 3.8) is 0 Å². The Balaban J connectivity index is 1.68. The molecule has 148 valence electrons. The lowest BCUT2D eigenvalue weighted by Gasteiger charge is -2.27. The highest BCUT2D eigenvalue weighted by Crippen LogP contribution is 2.34. The summed E-state index contributed by atoms with van der Waals surface area (Å²) in [5.74, 6) is -1.86. The number of benzene rings is 2. The molecule has 0 spiro atoms. The van der Waals surface area contributed by atoms with Crippen molar-refractivity contribution < 1.29 is 18.4 Å². The minimum atomic E-state index is -0.775. The minimum Gasteiger partial charge on any atom is -0.342 e. The highest BCUT2D eigenvalue weighted by molar-refractivity contribution is 6.01. The first-order valence-corrected chi connectivity index (χ1v) is 9.04. The van der Waals surface area contributed by atoms with Crippen LogP contribution in [0, 0.1) is 11.6 Å². The van der Waals surface area contributed by atoms with Crippen molar-refractivity contribution in [2.45, 2.75) is 18.4 Å². The van der Waals surface area contributed by atoms with Crippen LogP contribution in [-0.2, 0) is 16.6 Å². The molecule has 3 aromatic rings. The minimum absolute atomic E-state index is 0.0544. The Bertz CT molecular complexity index is 1080. The van der Waals surface area contributed by atoms with E-state index in [1.165, 1.54) is 30.3 Å². The molecule has 0 saturated carbocycles. The van der Waals surface area contributed by atoms with E-state index in [-0.39, 0.29) is 18.0 Å². The van der Waals surface area contributed by atoms with E-state index in [0.29, 0.717) is 17.0 Å². The van der Waals surface area contributed by atoms with Gasteiger partial charge in [0.1, 0.15) is 23.5 Å². The van der Waals surface area contributed by atoms with Crippen molar-refractivity contribution in [2.24, 2.45) is 7.05 Å². The number of hydrogen-bond donors (Lipinski definition) is 2. The molecule has 0 aliphatic carbocycles. The average Bonchev–Trinajstić information content (AvgIpc) is 3.11. The van der Waals surface area contributed by atoms with Gasteiger partial charge in [0.25, 0.3) is 0 Å². The summed E-state index contributed by atoms with van der Waals surface area (Å²) in [7, 11) is 1.79. The quantitative estimate of drug-likeness (QED) is 0.712. The van der Waals surface area contributed by atoms with Gasteiger partial charge in [-0.05, 0) is 35.4 Å². The predicted octanol–water partition coefficient (Wildman–Crippen LogP) is 3.03. The molecular formula is C21H18F2N4O2. The molecule has 0 saturated heterocycles. The Morgan fingerprint density at radius 1 is 1.21 bits per heavy atom. The Hall–Kier alpha value is -3.55. The Morgan fingerprint density at radius 3 is 2.62 bits per heavy atom. The summed E-state index contributed by atoms with van der Waals surface area (Å²) in [5.41, 5.74) is 1.48. The van der Waals surface area contributed by atoms with Gasteiger partial charge in [-0.3, -0.25) is 9.59 Å². The zero-order valence-electron chi connectivity index (χ0n) is 15.5. The topological polar surface area (TPSA) is 76.0 Å². The monoisotopic (exact) mass is 396 g/mol. The number of carbonyl (C=O) groups excluding carboxylic acids is 2. The van der Waals surface area contributed by atoms with E-state index >= 15 is 0 Å². The molecule has 8 heteroatoms. The first-order valence-electron chi connectivity index (χ1n) is 9.04. The van der Waals surface area contributed by atoms with Crippen molar-refractivity contribution in [3.8, 4) is 0 Å². The molecule has 1 aliphatic heterocycles. The van der Waals surface area contributed by atoms with Crippen LogP contribution in [-0.4, -0.2) is 21.4 Å². The number of nitrogens with one attached hydrogen (secondary N) is 2. The number of amides is 2. The number of fused-ring (bicyclic) bond motifs is 1. The van der Waals surface area contributed by atoms with Crippen LogP contribution < -0.4 is 10.6 Å². The predicted molar refractivity (Wildman–Crippen MR) is 102 cm³/mol. The first-order chi connectivity index (χ1) is 13.9. The maximum absolute atomic E-state index is 13.6. The van der Waals surface area contributed by atoms with Gasteiger partial charge < -0.3 is 15.2 Å². The molecule has 29 heavy (non-hydrogen) atoms. The third-order valence-electron chi connectivity index (χ3n) is 4.98. The Labute approximate surface area is 165 Å². The van der Waals surface area contributed by atoms with Crippen LogP contribution in [0.5, 0.6) is 0 Å². The second kappa shape index (κ2) is 7.46. The van der Waals surface area contributed by atoms with Crippen molar-refractivity contribution in [3.05, 3.63) is 83.4 Å². The summed E-state index contributed by atoms with van der Waals surface area (Å²) in [6, 6.07) is 9.08. The molecule has 6 nitrogen and oxygen atoms in total. The molecule has 0 bridgehead atoms. The lowest BCUT2D eigenvalue weighted by Crippen LogP contribution is -2.38. The number of anilines is 1. The summed E-state index contributed by atoms with van der Waals surface area (Å²) in [6.07, 6.45) is 3.29. The highest BCUT2D eigenvalue weighted by Gasteiger charge is 2.33. The van der Waals surface area contributed by atoms with E-state index in [2.05, 4.69) is 15.6 Å². The van der Waals surface area contributed by atoms with Crippen molar-refractivity contribution in [2.75, 3.05) is 5.32 Å². The largest absolute Gasteiger partial charge is 0.342 e. The molecule has 0 unspecified atom stereocenters. The van der Waals surface area contributed by atoms with E-state index in [1.54, 1.807) is 36.1 Å². The maximum atomic E-state index is 13.6. The Morgan fingerprint density at radius 2 is 1.93 bits per heavy atom. The van der Waals surface area contributed by atoms with Gasteiger partial charge in [-0.1, -0.05) is 18.2 Å². The molecule has 0 fully saturated rings. The van der Waals surface area contributed by atoms with E-state index in [4.69, 9.17) is 0 Å². The number of aryl methyl sites for hydroxylation is 1. The van der Waals surface area contributed by atoms with Gasteiger partial charge >= 0.3 is 0 Å². The van der Waals surface area contributed by atoms with Gasteiger partial charge in [0.15, 0.2) is 0 Å². The summed E-state index contributed by atoms with van der Waals surface area (Å²) in [4.78, 5) is 29.5. The van der Waals surface area contributed by atoms with Crippen molar-refractivity contribution in [1.29, 1.82) is 0 Å². The third kappa shape index (κ3) is 3.73. The SMILES string of the molecule is Cn1ccnc1[C@@H](NC(=O)[C@@H]1CC(=O)Nc2cc(F)ccc21)c1ccc(F)cc1. The molecule has 1 aromatic heterocycles. The number of carbonyl (C=O) groups is 2. The van der Waals surface area contributed by atoms with E-state index < -0.39 is 29.5 Å². The third-order valence-corrected chi connectivity index (χ3v) is 4.98. The standard InChI is InChI=1S/C21H18F2N4O2/c1-27-9-8-24-20(27)19(12-2-4-13(22)5-3-12)26-21(29)16-11-18(28)25-17-10-14(23)6-7-15(16)17/h2-10,16,19H,11H2,1H3,(H,25,28)(H,26,29)/t16-,19+/m1/s1. The summed E-state index contributed by atoms with van der Waals surface area (Å²) in [5, 5.41) is 5.52. The maximum Gasteiger partial charge on any atom is 0.229 e. The summed E-state index contributed by atoms with van der Waals surface area (Å²) < 4.78 is 28.7. The number of nitrogens with zero attached hydrogens (tertiary/aromatic N) is 2. The Kier molecular flexibility index (Phi) is 4.84. The van der Waals surface area contributed by atoms with Crippen LogP contribution in [0.4, 0.5) is 14.5 Å². The van der Waals surface area contributed by atoms with Crippen LogP contribution in [0.25, 0.3) is 0 Å². The highest BCUT2D eigenvalue weighted by atomic mass is 19.1. The molecule has 2 aromatic carbocycles. The van der Waals surface area contributed by atoms with Gasteiger partial charge in [-0.2, -0.15) is 0 Å². The molecule has 2 atom stereocenters. The number of hydrogen-bond acceptors (Lipinski definition) is 3. The van der Waals surface area contributed by atoms with E-state index in [9.17, 15) is 18.4 Å². The smallest absolute Gasteiger partial charge is 0.229 e. The van der Waals surface area contributed by atoms with Gasteiger partial charge in [0.2, 0.25) is 11.8 Å². The molecule has 0 radical (unpaired) electrons. The summed E-state index contributed by atoms with van der Waals surface area (Å²) in [6.45, 7) is 0. The second-order valence-electron chi connectivity index (χ2n) is 6.93. The van der Waals surface area contributed by atoms with Crippen LogP contribution in [0.3, 0.4) is 0 Å². The van der Waals surface area contributed by atoms with Crippen LogP contribution >= 0.6 is 0 Å². The van der Waals surface area contributed by atoms with Crippen LogP contribution in [0.15, 0.2) is 54.9 Å². The number of halogens is 2. The van der Waals surface area contributed by atoms with E-state index in [1.807, 2.05) is 0 Å². The summed E-state index contributed by atoms with van der Waals surface area (Å²) >= 11 is 0. The lowest BCUT2D eigenvalue weighted by atomic mass is 9.89. The second-order valence-corrected chi connectivity index (χ2v) is 6.93. The number of aromatic nitrogens is 2. The molecule has 2 amide bonds. The van der Waals surface area contributed by atoms with E-state index in [0.717, 1.165) is 0 Å². The number of imidazole rings is 1. The van der Waals surface area contributed by atoms with Crippen molar-refractivity contribution in [1.82, 2.24) is 14.9 Å². The molecular weight excluding hydrogens is 378 g/mol. The van der Waals surface area contributed by atoms with Gasteiger partial charge in [-0.15, -0.1) is 0 Å².